The molecule has 0 aromatic heterocycles. The van der Waals surface area contributed by atoms with Crippen molar-refractivity contribution in [2.24, 2.45) is 4.99 Å². The molecule has 0 bridgehead atoms. The van der Waals surface area contributed by atoms with Crippen LogP contribution in [0.25, 0.3) is 0 Å². The van der Waals surface area contributed by atoms with Gasteiger partial charge in [0.1, 0.15) is 23.5 Å². The van der Waals surface area contributed by atoms with Gasteiger partial charge in [-0.25, -0.2) is 8.78 Å². The van der Waals surface area contributed by atoms with E-state index in [0.29, 0.717) is 37.6 Å². The number of aliphatic imine (C=N–C) groups is 1. The topological polar surface area (TPSA) is 54.9 Å². The van der Waals surface area contributed by atoms with Gasteiger partial charge in [0, 0.05) is 38.2 Å². The standard InChI is InChI=1S/C22H27F2N3O2/c1-15-3-4-17(21(11-15)29-19-8-10-28-14-19)13-27-22(25-2)26-9-7-16-5-6-18(23)12-20(16)24/h3-6,11-12,19H,7-10,13-14H2,1-2H3,(H2,25,26,27). The van der Waals surface area contributed by atoms with Crippen molar-refractivity contribution in [3.63, 3.8) is 0 Å². The van der Waals surface area contributed by atoms with Crippen molar-refractivity contribution in [2.45, 2.75) is 32.4 Å². The van der Waals surface area contributed by atoms with Gasteiger partial charge in [-0.1, -0.05) is 18.2 Å². The molecule has 2 aromatic carbocycles. The molecule has 0 saturated carbocycles. The summed E-state index contributed by atoms with van der Waals surface area (Å²) < 4.78 is 38.2. The number of halogens is 2. The summed E-state index contributed by atoms with van der Waals surface area (Å²) in [5.41, 5.74) is 2.61. The highest BCUT2D eigenvalue weighted by atomic mass is 19.1. The minimum atomic E-state index is -0.572. The molecule has 1 aliphatic rings. The SMILES string of the molecule is CN=C(NCCc1ccc(F)cc1F)NCc1ccc(C)cc1OC1CCOC1. The molecule has 7 heteroatoms. The number of aryl methyl sites for hydroxylation is 1. The van der Waals surface area contributed by atoms with Gasteiger partial charge in [-0.05, 0) is 36.6 Å². The first-order valence-electron chi connectivity index (χ1n) is 9.77. The highest BCUT2D eigenvalue weighted by Crippen LogP contribution is 2.23. The van der Waals surface area contributed by atoms with Crippen molar-refractivity contribution in [3.05, 3.63) is 64.7 Å². The third-order valence-corrected chi connectivity index (χ3v) is 4.78. The molecular weight excluding hydrogens is 376 g/mol. The molecular formula is C22H27F2N3O2. The van der Waals surface area contributed by atoms with Crippen LogP contribution in [0.2, 0.25) is 0 Å². The van der Waals surface area contributed by atoms with Gasteiger partial charge in [0.05, 0.1) is 13.2 Å². The average Bonchev–Trinajstić information content (AvgIpc) is 3.20. The minimum absolute atomic E-state index is 0.0820. The zero-order valence-corrected chi connectivity index (χ0v) is 16.8. The van der Waals surface area contributed by atoms with Crippen molar-refractivity contribution in [1.82, 2.24) is 10.6 Å². The molecule has 0 spiro atoms. The summed E-state index contributed by atoms with van der Waals surface area (Å²) >= 11 is 0. The van der Waals surface area contributed by atoms with Crippen LogP contribution >= 0.6 is 0 Å². The van der Waals surface area contributed by atoms with E-state index in [1.807, 2.05) is 25.1 Å². The van der Waals surface area contributed by atoms with Crippen LogP contribution < -0.4 is 15.4 Å². The van der Waals surface area contributed by atoms with Crippen LogP contribution in [0.15, 0.2) is 41.4 Å². The highest BCUT2D eigenvalue weighted by molar-refractivity contribution is 5.79. The number of rotatable bonds is 7. The predicted octanol–water partition coefficient (Wildman–Crippen LogP) is 3.35. The van der Waals surface area contributed by atoms with Crippen LogP contribution in [0, 0.1) is 18.6 Å². The molecule has 5 nitrogen and oxygen atoms in total. The van der Waals surface area contributed by atoms with Gasteiger partial charge in [0.15, 0.2) is 5.96 Å². The largest absolute Gasteiger partial charge is 0.488 e. The lowest BCUT2D eigenvalue weighted by Crippen LogP contribution is -2.38. The Balaban J connectivity index is 1.53. The fraction of sp³-hybridized carbons (Fsp3) is 0.409. The molecule has 1 heterocycles. The highest BCUT2D eigenvalue weighted by Gasteiger charge is 2.18. The molecule has 0 radical (unpaired) electrons. The molecule has 1 saturated heterocycles. The number of hydrogen-bond donors (Lipinski definition) is 2. The zero-order chi connectivity index (χ0) is 20.6. The Kier molecular flexibility index (Phi) is 7.41. The second-order valence-corrected chi connectivity index (χ2v) is 7.05. The Bertz CT molecular complexity index is 852. The molecule has 1 fully saturated rings. The van der Waals surface area contributed by atoms with Gasteiger partial charge in [-0.2, -0.15) is 0 Å². The Morgan fingerprint density at radius 1 is 1.17 bits per heavy atom. The van der Waals surface area contributed by atoms with Crippen LogP contribution in [0.3, 0.4) is 0 Å². The van der Waals surface area contributed by atoms with E-state index in [9.17, 15) is 8.78 Å². The zero-order valence-electron chi connectivity index (χ0n) is 16.8. The molecule has 1 atom stereocenters. The van der Waals surface area contributed by atoms with E-state index >= 15 is 0 Å². The normalized spacial score (nSPS) is 16.7. The van der Waals surface area contributed by atoms with Crippen LogP contribution in [0.4, 0.5) is 8.78 Å². The van der Waals surface area contributed by atoms with E-state index in [1.54, 1.807) is 7.05 Å². The Morgan fingerprint density at radius 3 is 2.72 bits per heavy atom. The van der Waals surface area contributed by atoms with Crippen molar-refractivity contribution >= 4 is 5.96 Å². The Morgan fingerprint density at radius 2 is 2.00 bits per heavy atom. The molecule has 156 valence electrons. The Labute approximate surface area is 170 Å². The van der Waals surface area contributed by atoms with Crippen molar-refractivity contribution in [1.29, 1.82) is 0 Å². The molecule has 1 unspecified atom stereocenters. The van der Waals surface area contributed by atoms with Crippen LogP contribution in [0.1, 0.15) is 23.1 Å². The molecule has 1 aliphatic heterocycles. The second kappa shape index (κ2) is 10.2. The number of hydrogen-bond acceptors (Lipinski definition) is 3. The minimum Gasteiger partial charge on any atom is -0.488 e. The van der Waals surface area contributed by atoms with Gasteiger partial charge in [-0.3, -0.25) is 4.99 Å². The maximum atomic E-state index is 13.7. The van der Waals surface area contributed by atoms with E-state index < -0.39 is 11.6 Å². The van der Waals surface area contributed by atoms with Gasteiger partial charge in [0.25, 0.3) is 0 Å². The van der Waals surface area contributed by atoms with Crippen molar-refractivity contribution in [3.8, 4) is 5.75 Å². The quantitative estimate of drug-likeness (QED) is 0.550. The first kappa shape index (κ1) is 21.0. The van der Waals surface area contributed by atoms with Gasteiger partial charge in [-0.15, -0.1) is 0 Å². The smallest absolute Gasteiger partial charge is 0.191 e. The third kappa shape index (κ3) is 6.15. The summed E-state index contributed by atoms with van der Waals surface area (Å²) in [6.45, 7) is 4.39. The first-order valence-corrected chi connectivity index (χ1v) is 9.77. The lowest BCUT2D eigenvalue weighted by Gasteiger charge is -2.18. The first-order chi connectivity index (χ1) is 14.0. The fourth-order valence-corrected chi connectivity index (χ4v) is 3.14. The van der Waals surface area contributed by atoms with Gasteiger partial charge < -0.3 is 20.1 Å². The predicted molar refractivity (Wildman–Crippen MR) is 109 cm³/mol. The molecule has 2 aromatic rings. The van der Waals surface area contributed by atoms with Crippen LogP contribution in [-0.2, 0) is 17.7 Å². The summed E-state index contributed by atoms with van der Waals surface area (Å²) in [7, 11) is 1.68. The third-order valence-electron chi connectivity index (χ3n) is 4.78. The van der Waals surface area contributed by atoms with Crippen molar-refractivity contribution < 1.29 is 18.3 Å². The molecule has 0 amide bonds. The summed E-state index contributed by atoms with van der Waals surface area (Å²) in [6, 6.07) is 9.74. The van der Waals surface area contributed by atoms with Crippen LogP contribution in [-0.4, -0.2) is 38.9 Å². The number of nitrogens with one attached hydrogen (secondary N) is 2. The van der Waals surface area contributed by atoms with Gasteiger partial charge >= 0.3 is 0 Å². The van der Waals surface area contributed by atoms with Crippen LogP contribution in [0.5, 0.6) is 5.75 Å². The monoisotopic (exact) mass is 403 g/mol. The maximum Gasteiger partial charge on any atom is 0.191 e. The summed E-state index contributed by atoms with van der Waals surface area (Å²) in [6.07, 6.45) is 1.40. The van der Waals surface area contributed by atoms with E-state index in [-0.39, 0.29) is 6.10 Å². The van der Waals surface area contributed by atoms with Crippen molar-refractivity contribution in [2.75, 3.05) is 26.8 Å². The van der Waals surface area contributed by atoms with E-state index in [1.165, 1.54) is 12.1 Å². The summed E-state index contributed by atoms with van der Waals surface area (Å²) in [4.78, 5) is 4.20. The number of benzene rings is 2. The second-order valence-electron chi connectivity index (χ2n) is 7.05. The van der Waals surface area contributed by atoms with E-state index in [2.05, 4.69) is 15.6 Å². The lowest BCUT2D eigenvalue weighted by molar-refractivity contribution is 0.140. The Hall–Kier alpha value is -2.67. The number of nitrogens with zero attached hydrogens (tertiary/aromatic N) is 1. The molecule has 29 heavy (non-hydrogen) atoms. The summed E-state index contributed by atoms with van der Waals surface area (Å²) in [5, 5.41) is 6.41. The number of ether oxygens (including phenoxy) is 2. The number of guanidine groups is 1. The molecule has 0 aliphatic carbocycles. The lowest BCUT2D eigenvalue weighted by atomic mass is 10.1. The van der Waals surface area contributed by atoms with Gasteiger partial charge in [0.2, 0.25) is 0 Å². The molecule has 3 rings (SSSR count). The maximum absolute atomic E-state index is 13.7. The fourth-order valence-electron chi connectivity index (χ4n) is 3.14. The molecule has 2 N–H and O–H groups in total. The summed E-state index contributed by atoms with van der Waals surface area (Å²) in [5.74, 6) is 0.337. The van der Waals surface area contributed by atoms with E-state index in [4.69, 9.17) is 9.47 Å². The van der Waals surface area contributed by atoms with E-state index in [0.717, 1.165) is 36.0 Å². The average molecular weight is 403 g/mol.